The zero-order valence-electron chi connectivity index (χ0n) is 46.1. The number of nitrogens with one attached hydrogen (secondary N) is 8. The first-order valence-electron chi connectivity index (χ1n) is 28.7. The molecule has 22 heteroatoms. The zero-order valence-corrected chi connectivity index (χ0v) is 46.1. The highest BCUT2D eigenvalue weighted by Crippen LogP contribution is 2.29. The minimum Gasteiger partial charge on any atom is -0.480 e. The van der Waals surface area contributed by atoms with Gasteiger partial charge in [-0.2, -0.15) is 0 Å². The Labute approximate surface area is 482 Å². The van der Waals surface area contributed by atoms with Crippen molar-refractivity contribution in [3.8, 4) is 0 Å². The highest BCUT2D eigenvalue weighted by atomic mass is 16.4. The Balaban J connectivity index is 0.865. The second-order valence-corrected chi connectivity index (χ2v) is 22.2. The Kier molecular flexibility index (Phi) is 16.6. The van der Waals surface area contributed by atoms with E-state index in [2.05, 4.69) is 41.2 Å². The van der Waals surface area contributed by atoms with Gasteiger partial charge >= 0.3 is 5.97 Å². The van der Waals surface area contributed by atoms with Gasteiger partial charge in [-0.3, -0.25) is 33.6 Å². The second-order valence-electron chi connectivity index (χ2n) is 22.2. The van der Waals surface area contributed by atoms with Crippen molar-refractivity contribution in [1.29, 1.82) is 0 Å². The van der Waals surface area contributed by atoms with E-state index >= 15 is 9.59 Å². The molecule has 8 aromatic rings. The minimum absolute atomic E-state index is 0.0284. The highest BCUT2D eigenvalue weighted by Gasteiger charge is 2.45. The van der Waals surface area contributed by atoms with Crippen LogP contribution in [0.25, 0.3) is 43.6 Å². The topological polar surface area (TPSA) is 324 Å². The first-order valence-corrected chi connectivity index (χ1v) is 28.7. The molecule has 0 saturated carbocycles. The summed E-state index contributed by atoms with van der Waals surface area (Å²) in [7, 11) is 0. The largest absolute Gasteiger partial charge is 0.480 e. The third-order valence-corrected chi connectivity index (χ3v) is 16.9. The van der Waals surface area contributed by atoms with Gasteiger partial charge in [-0.15, -0.1) is 0 Å². The number of aliphatic hydroxyl groups excluding tert-OH is 1. The molecule has 3 saturated heterocycles. The van der Waals surface area contributed by atoms with Crippen LogP contribution < -0.4 is 27.0 Å². The standard InChI is InChI=1S/C62H68N12O10/c63-43(34-75)59(80)74-25-11-22-54(74)61(82)73-24-10-21-53(73)58(79)68-48(26-35-30-64-44-16-5-1-12-39(35)44)55(76)70-50(28-37-32-66-46-18-7-3-14-41(37)46)60(81)72-23-9-20-52(72)57(78)69-49(27-36-31-65-45-17-6-2-13-40(36)45)56(77)71-51(62(83)84)29-38-33-67-47-19-8-4-15-42(38)47/h1-8,12-19,30-33,43,48-54,64-67,75H,9-11,20-29,34,63H2,(H,68,79)(H,69,78)(H,70,76)(H,71,77)(H,83,84). The summed E-state index contributed by atoms with van der Waals surface area (Å²) < 4.78 is 0. The fourth-order valence-electron chi connectivity index (χ4n) is 12.6. The monoisotopic (exact) mass is 1140 g/mol. The molecule has 8 atom stereocenters. The van der Waals surface area contributed by atoms with Crippen LogP contribution in [0.2, 0.25) is 0 Å². The summed E-state index contributed by atoms with van der Waals surface area (Å²) in [5.41, 5.74) is 11.8. The number of benzene rings is 4. The number of likely N-dealkylation sites (tertiary alicyclic amines) is 3. The average molecular weight is 1140 g/mol. The van der Waals surface area contributed by atoms with Crippen LogP contribution in [0.15, 0.2) is 122 Å². The Morgan fingerprint density at radius 3 is 1.23 bits per heavy atom. The van der Waals surface area contributed by atoms with Crippen LogP contribution >= 0.6 is 0 Å². The Morgan fingerprint density at radius 2 is 0.810 bits per heavy atom. The van der Waals surface area contributed by atoms with Crippen LogP contribution in [0, 0.1) is 0 Å². The molecule has 22 nitrogen and oxygen atoms in total. The lowest BCUT2D eigenvalue weighted by Crippen LogP contribution is -2.60. The molecule has 7 heterocycles. The van der Waals surface area contributed by atoms with E-state index in [1.165, 1.54) is 14.7 Å². The number of aromatic nitrogens is 4. The summed E-state index contributed by atoms with van der Waals surface area (Å²) in [5.74, 6) is -5.54. The van der Waals surface area contributed by atoms with Crippen LogP contribution in [-0.4, -0.2) is 167 Å². The number of H-pyrrole nitrogens is 4. The molecule has 0 radical (unpaired) electrons. The first kappa shape index (κ1) is 56.6. The Hall–Kier alpha value is -9.28. The van der Waals surface area contributed by atoms with Crippen molar-refractivity contribution in [2.24, 2.45) is 5.73 Å². The normalized spacial score (nSPS) is 18.9. The molecule has 12 N–H and O–H groups in total. The van der Waals surface area contributed by atoms with Crippen LogP contribution in [0.3, 0.4) is 0 Å². The van der Waals surface area contributed by atoms with Gasteiger partial charge in [0.15, 0.2) is 0 Å². The fraction of sp³-hybridized carbons (Fsp3) is 0.355. The lowest BCUT2D eigenvalue weighted by molar-refractivity contribution is -0.147. The number of nitrogens with two attached hydrogens (primary N) is 1. The molecule has 11 rings (SSSR count). The van der Waals surface area contributed by atoms with Crippen molar-refractivity contribution in [3.63, 3.8) is 0 Å². The zero-order chi connectivity index (χ0) is 58.6. The molecule has 436 valence electrons. The molecular formula is C62H68N12O10. The number of rotatable bonds is 21. The van der Waals surface area contributed by atoms with Gasteiger partial charge in [0, 0.05) is 114 Å². The van der Waals surface area contributed by atoms with Crippen LogP contribution in [0.5, 0.6) is 0 Å². The number of para-hydroxylation sites is 4. The summed E-state index contributed by atoms with van der Waals surface area (Å²) in [6.45, 7) is 0.0376. The fourth-order valence-corrected chi connectivity index (χ4v) is 12.6. The first-order chi connectivity index (χ1) is 40.7. The van der Waals surface area contributed by atoms with E-state index < -0.39 is 102 Å². The highest BCUT2D eigenvalue weighted by molar-refractivity contribution is 6.00. The van der Waals surface area contributed by atoms with E-state index in [4.69, 9.17) is 5.73 Å². The van der Waals surface area contributed by atoms with Crippen molar-refractivity contribution in [1.82, 2.24) is 55.9 Å². The smallest absolute Gasteiger partial charge is 0.326 e. The predicted molar refractivity (Wildman–Crippen MR) is 313 cm³/mol. The number of aliphatic hydroxyl groups is 1. The molecule has 4 aromatic heterocycles. The van der Waals surface area contributed by atoms with Crippen molar-refractivity contribution in [2.75, 3.05) is 26.2 Å². The average Bonchev–Trinajstić information content (AvgIpc) is 4.04. The molecule has 4 aromatic carbocycles. The lowest BCUT2D eigenvalue weighted by Gasteiger charge is -2.33. The quantitative estimate of drug-likeness (QED) is 0.0496. The number of carboxylic acids is 1. The number of hydrogen-bond donors (Lipinski definition) is 11. The molecule has 8 unspecified atom stereocenters. The third kappa shape index (κ3) is 11.7. The number of carbonyl (C=O) groups is 8. The summed E-state index contributed by atoms with van der Waals surface area (Å²) in [5, 5.41) is 34.9. The van der Waals surface area contributed by atoms with E-state index in [0.717, 1.165) is 43.6 Å². The number of aromatic amines is 4. The maximum Gasteiger partial charge on any atom is 0.326 e. The number of carbonyl (C=O) groups excluding carboxylic acids is 7. The van der Waals surface area contributed by atoms with E-state index in [1.54, 1.807) is 24.8 Å². The van der Waals surface area contributed by atoms with Crippen LogP contribution in [0.4, 0.5) is 0 Å². The number of fused-ring (bicyclic) bond motifs is 4. The van der Waals surface area contributed by atoms with Gasteiger partial charge in [-0.05, 0) is 85.0 Å². The molecule has 3 aliphatic heterocycles. The molecule has 0 spiro atoms. The molecule has 7 amide bonds. The van der Waals surface area contributed by atoms with E-state index in [1.807, 2.05) is 97.1 Å². The summed E-state index contributed by atoms with van der Waals surface area (Å²) in [4.78, 5) is 132. The van der Waals surface area contributed by atoms with Crippen molar-refractivity contribution in [3.05, 3.63) is 144 Å². The number of nitrogens with zero attached hydrogens (tertiary/aromatic N) is 3. The number of hydrogen-bond acceptors (Lipinski definition) is 10. The molecular weight excluding hydrogens is 1070 g/mol. The molecule has 3 aliphatic rings. The third-order valence-electron chi connectivity index (χ3n) is 16.9. The van der Waals surface area contributed by atoms with Crippen LogP contribution in [-0.2, 0) is 64.0 Å². The van der Waals surface area contributed by atoms with Gasteiger partial charge in [-0.25, -0.2) is 4.79 Å². The van der Waals surface area contributed by atoms with Gasteiger partial charge < -0.3 is 71.8 Å². The molecule has 3 fully saturated rings. The lowest BCUT2D eigenvalue weighted by atomic mass is 10.00. The van der Waals surface area contributed by atoms with E-state index in [-0.39, 0.29) is 58.2 Å². The van der Waals surface area contributed by atoms with Crippen molar-refractivity contribution < 1.29 is 48.6 Å². The van der Waals surface area contributed by atoms with Crippen molar-refractivity contribution in [2.45, 2.75) is 113 Å². The van der Waals surface area contributed by atoms with Crippen LogP contribution in [0.1, 0.15) is 60.8 Å². The number of aliphatic carboxylic acids is 1. The summed E-state index contributed by atoms with van der Waals surface area (Å²) in [6, 6.07) is 20.4. The van der Waals surface area contributed by atoms with Gasteiger partial charge in [0.05, 0.1) is 6.61 Å². The number of carboxylic acid groups (broad SMARTS) is 1. The van der Waals surface area contributed by atoms with E-state index in [0.29, 0.717) is 47.9 Å². The minimum atomic E-state index is -1.38. The molecule has 0 bridgehead atoms. The predicted octanol–water partition coefficient (Wildman–Crippen LogP) is 3.20. The Bertz CT molecular complexity index is 3790. The van der Waals surface area contributed by atoms with E-state index in [9.17, 15) is 39.0 Å². The maximum absolute atomic E-state index is 15.5. The molecule has 0 aliphatic carbocycles. The second kappa shape index (κ2) is 24.7. The van der Waals surface area contributed by atoms with Gasteiger partial charge in [0.2, 0.25) is 41.4 Å². The maximum atomic E-state index is 15.5. The summed E-state index contributed by atoms with van der Waals surface area (Å²) in [6.07, 6.45) is 9.08. The van der Waals surface area contributed by atoms with Gasteiger partial charge in [0.1, 0.15) is 48.3 Å². The molecule has 84 heavy (non-hydrogen) atoms. The summed E-state index contributed by atoms with van der Waals surface area (Å²) >= 11 is 0. The van der Waals surface area contributed by atoms with Gasteiger partial charge in [0.25, 0.3) is 0 Å². The Morgan fingerprint density at radius 1 is 0.464 bits per heavy atom. The number of amides is 7. The van der Waals surface area contributed by atoms with Crippen molar-refractivity contribution >= 4 is 90.9 Å². The SMILES string of the molecule is NC(CO)C(=O)N1CCCC1C(=O)N1CCCC1C(=O)NC(Cc1c[nH]c2ccccc12)C(=O)NC(Cc1c[nH]c2ccccc12)C(=O)N1CCCC1C(=O)NC(Cc1c[nH]c2ccccc12)C(=O)NC(Cc1c[nH]c2ccccc12)C(=O)O. The van der Waals surface area contributed by atoms with Gasteiger partial charge in [-0.1, -0.05) is 72.8 Å².